The van der Waals surface area contributed by atoms with Gasteiger partial charge in [-0.2, -0.15) is 0 Å². The van der Waals surface area contributed by atoms with Crippen molar-refractivity contribution in [3.8, 4) is 0 Å². The van der Waals surface area contributed by atoms with Gasteiger partial charge in [-0.1, -0.05) is 23.7 Å². The number of benzene rings is 1. The van der Waals surface area contributed by atoms with Crippen molar-refractivity contribution in [1.29, 1.82) is 0 Å². The van der Waals surface area contributed by atoms with Crippen LogP contribution in [0.1, 0.15) is 24.3 Å². The van der Waals surface area contributed by atoms with Crippen molar-refractivity contribution in [2.45, 2.75) is 18.8 Å². The summed E-state index contributed by atoms with van der Waals surface area (Å²) in [5.74, 6) is 0.611. The molecule has 1 heterocycles. The van der Waals surface area contributed by atoms with E-state index in [-0.39, 0.29) is 5.91 Å². The molecule has 1 aromatic rings. The van der Waals surface area contributed by atoms with Gasteiger partial charge < -0.3 is 5.32 Å². The maximum absolute atomic E-state index is 11.0. The van der Waals surface area contributed by atoms with Gasteiger partial charge in [0.1, 0.15) is 0 Å². The summed E-state index contributed by atoms with van der Waals surface area (Å²) < 4.78 is 0. The molecule has 1 aliphatic heterocycles. The zero-order valence-electron chi connectivity index (χ0n) is 7.79. The van der Waals surface area contributed by atoms with Crippen LogP contribution in [0, 0.1) is 0 Å². The van der Waals surface area contributed by atoms with Crippen molar-refractivity contribution in [1.82, 2.24) is 5.32 Å². The highest BCUT2D eigenvalue weighted by molar-refractivity contribution is 6.30. The van der Waals surface area contributed by atoms with Crippen LogP contribution in [0.3, 0.4) is 0 Å². The lowest BCUT2D eigenvalue weighted by Gasteiger charge is -2.22. The SMILES string of the molecule is O=C1CCC(c2ccc(Cl)cc2)CN1. The first-order valence-corrected chi connectivity index (χ1v) is 5.15. The second kappa shape index (κ2) is 4.01. The summed E-state index contributed by atoms with van der Waals surface area (Å²) in [4.78, 5) is 11.0. The van der Waals surface area contributed by atoms with Gasteiger partial charge in [0.15, 0.2) is 0 Å². The highest BCUT2D eigenvalue weighted by Crippen LogP contribution is 2.24. The number of hydrogen-bond donors (Lipinski definition) is 1. The lowest BCUT2D eigenvalue weighted by molar-refractivity contribution is -0.122. The maximum Gasteiger partial charge on any atom is 0.220 e. The van der Waals surface area contributed by atoms with Crippen molar-refractivity contribution in [2.24, 2.45) is 0 Å². The van der Waals surface area contributed by atoms with Gasteiger partial charge in [0.25, 0.3) is 0 Å². The minimum Gasteiger partial charge on any atom is -0.355 e. The van der Waals surface area contributed by atoms with Crippen LogP contribution in [-0.4, -0.2) is 12.5 Å². The molecule has 1 atom stereocenters. The summed E-state index contributed by atoms with van der Waals surface area (Å²) in [5, 5.41) is 3.63. The molecule has 1 unspecified atom stereocenters. The highest BCUT2D eigenvalue weighted by Gasteiger charge is 2.18. The van der Waals surface area contributed by atoms with E-state index in [2.05, 4.69) is 5.32 Å². The molecule has 0 spiro atoms. The third-order valence-corrected chi connectivity index (χ3v) is 2.86. The Kier molecular flexibility index (Phi) is 2.73. The number of nitrogens with one attached hydrogen (secondary N) is 1. The van der Waals surface area contributed by atoms with Crippen LogP contribution in [0.4, 0.5) is 0 Å². The van der Waals surface area contributed by atoms with E-state index in [1.165, 1.54) is 5.56 Å². The molecular weight excluding hydrogens is 198 g/mol. The zero-order valence-corrected chi connectivity index (χ0v) is 8.55. The Morgan fingerprint density at radius 1 is 1.29 bits per heavy atom. The first-order valence-electron chi connectivity index (χ1n) is 4.78. The lowest BCUT2D eigenvalue weighted by atomic mass is 9.91. The molecule has 74 valence electrons. The number of carbonyl (C=O) groups is 1. The average Bonchev–Trinajstić information content (AvgIpc) is 2.21. The Hall–Kier alpha value is -1.02. The Morgan fingerprint density at radius 3 is 2.57 bits per heavy atom. The van der Waals surface area contributed by atoms with Gasteiger partial charge in [0.05, 0.1) is 0 Å². The average molecular weight is 210 g/mol. The van der Waals surface area contributed by atoms with E-state index >= 15 is 0 Å². The molecule has 0 aliphatic carbocycles. The third kappa shape index (κ3) is 2.07. The van der Waals surface area contributed by atoms with E-state index in [1.807, 2.05) is 24.3 Å². The summed E-state index contributed by atoms with van der Waals surface area (Å²) in [6.07, 6.45) is 1.57. The normalized spacial score (nSPS) is 21.8. The van der Waals surface area contributed by atoms with Crippen LogP contribution >= 0.6 is 11.6 Å². The largest absolute Gasteiger partial charge is 0.355 e. The summed E-state index contributed by atoms with van der Waals surface area (Å²) in [5.41, 5.74) is 1.26. The van der Waals surface area contributed by atoms with Crippen molar-refractivity contribution in [3.63, 3.8) is 0 Å². The van der Waals surface area contributed by atoms with Crippen LogP contribution in [0.25, 0.3) is 0 Å². The molecule has 1 saturated heterocycles. The molecule has 1 fully saturated rings. The molecule has 1 N–H and O–H groups in total. The van der Waals surface area contributed by atoms with Gasteiger partial charge in [-0.15, -0.1) is 0 Å². The summed E-state index contributed by atoms with van der Waals surface area (Å²) >= 11 is 5.80. The van der Waals surface area contributed by atoms with E-state index in [1.54, 1.807) is 0 Å². The predicted molar refractivity (Wildman–Crippen MR) is 56.4 cm³/mol. The number of rotatable bonds is 1. The molecule has 0 saturated carbocycles. The minimum absolute atomic E-state index is 0.162. The Bertz CT molecular complexity index is 324. The van der Waals surface area contributed by atoms with Crippen LogP contribution in [0.15, 0.2) is 24.3 Å². The van der Waals surface area contributed by atoms with E-state index in [4.69, 9.17) is 11.6 Å². The van der Waals surface area contributed by atoms with Crippen LogP contribution in [0.5, 0.6) is 0 Å². The van der Waals surface area contributed by atoms with Crippen molar-refractivity contribution < 1.29 is 4.79 Å². The molecule has 1 amide bonds. The molecule has 2 nitrogen and oxygen atoms in total. The lowest BCUT2D eigenvalue weighted by Crippen LogP contribution is -2.33. The zero-order chi connectivity index (χ0) is 9.97. The molecule has 0 radical (unpaired) electrons. The number of hydrogen-bond acceptors (Lipinski definition) is 1. The fourth-order valence-corrected chi connectivity index (χ4v) is 1.88. The quantitative estimate of drug-likeness (QED) is 0.756. The fourth-order valence-electron chi connectivity index (χ4n) is 1.75. The molecule has 0 aromatic heterocycles. The monoisotopic (exact) mass is 209 g/mol. The smallest absolute Gasteiger partial charge is 0.220 e. The molecule has 1 aliphatic rings. The molecule has 3 heteroatoms. The number of piperidine rings is 1. The topological polar surface area (TPSA) is 29.1 Å². The molecule has 2 rings (SSSR count). The maximum atomic E-state index is 11.0. The van der Waals surface area contributed by atoms with Gasteiger partial charge >= 0.3 is 0 Å². The van der Waals surface area contributed by atoms with Gasteiger partial charge in [-0.05, 0) is 24.1 Å². The van der Waals surface area contributed by atoms with Crippen LogP contribution < -0.4 is 5.32 Å². The van der Waals surface area contributed by atoms with Gasteiger partial charge in [0, 0.05) is 23.9 Å². The molecule has 1 aromatic carbocycles. The van der Waals surface area contributed by atoms with E-state index in [0.717, 1.165) is 18.0 Å². The number of halogens is 1. The van der Waals surface area contributed by atoms with E-state index in [9.17, 15) is 4.79 Å². The van der Waals surface area contributed by atoms with Crippen LogP contribution in [0.2, 0.25) is 5.02 Å². The second-order valence-electron chi connectivity index (χ2n) is 3.59. The number of carbonyl (C=O) groups excluding carboxylic acids is 1. The number of amides is 1. The van der Waals surface area contributed by atoms with Gasteiger partial charge in [-0.25, -0.2) is 0 Å². The summed E-state index contributed by atoms with van der Waals surface area (Å²) in [6, 6.07) is 7.86. The van der Waals surface area contributed by atoms with E-state index < -0.39 is 0 Å². The van der Waals surface area contributed by atoms with Crippen molar-refractivity contribution in [3.05, 3.63) is 34.9 Å². The summed E-state index contributed by atoms with van der Waals surface area (Å²) in [6.45, 7) is 0.750. The molecule has 14 heavy (non-hydrogen) atoms. The highest BCUT2D eigenvalue weighted by atomic mass is 35.5. The minimum atomic E-state index is 0.162. The Labute approximate surface area is 88.3 Å². The van der Waals surface area contributed by atoms with Gasteiger partial charge in [-0.3, -0.25) is 4.79 Å². The molecule has 0 bridgehead atoms. The van der Waals surface area contributed by atoms with Gasteiger partial charge in [0.2, 0.25) is 5.91 Å². The third-order valence-electron chi connectivity index (χ3n) is 2.61. The van der Waals surface area contributed by atoms with E-state index in [0.29, 0.717) is 12.3 Å². The van der Waals surface area contributed by atoms with Crippen molar-refractivity contribution >= 4 is 17.5 Å². The van der Waals surface area contributed by atoms with Crippen LogP contribution in [-0.2, 0) is 4.79 Å². The first kappa shape index (κ1) is 9.53. The fraction of sp³-hybridized carbons (Fsp3) is 0.364. The molecular formula is C11H12ClNO. The van der Waals surface area contributed by atoms with Crippen molar-refractivity contribution in [2.75, 3.05) is 6.54 Å². The Morgan fingerprint density at radius 2 is 2.00 bits per heavy atom. The second-order valence-corrected chi connectivity index (χ2v) is 4.03. The standard InChI is InChI=1S/C11H12ClNO/c12-10-4-1-8(2-5-10)9-3-6-11(14)13-7-9/h1-2,4-5,9H,3,6-7H2,(H,13,14). The predicted octanol–water partition coefficient (Wildman–Crippen LogP) is 2.33. The summed E-state index contributed by atoms with van der Waals surface area (Å²) in [7, 11) is 0. The Balaban J connectivity index is 2.08. The first-order chi connectivity index (χ1) is 6.75.